The fourth-order valence-electron chi connectivity index (χ4n) is 1.79. The molecule has 3 aromatic rings. The Balaban J connectivity index is 2.16. The molecule has 0 spiro atoms. The second-order valence-corrected chi connectivity index (χ2v) is 6.12. The molecule has 0 saturated carbocycles. The van der Waals surface area contributed by atoms with Crippen molar-refractivity contribution in [2.75, 3.05) is 5.73 Å². The molecule has 110 valence electrons. The normalized spacial score (nSPS) is 12.2. The zero-order valence-electron chi connectivity index (χ0n) is 10.4. The molecular formula is C11H7BrF3N5S. The van der Waals surface area contributed by atoms with Crippen LogP contribution in [0.2, 0.25) is 0 Å². The van der Waals surface area contributed by atoms with E-state index < -0.39 is 12.0 Å². The standard InChI is InChI=1S/C11H7BrF3N5S/c1-4-2-5(3-6(12)7(4)16)8-19-20-9(11(13,14)15)17-18-10(20)21-8/h2-3H,16H2,1H3. The Labute approximate surface area is 128 Å². The third kappa shape index (κ3) is 2.38. The second kappa shape index (κ2) is 4.67. The van der Waals surface area contributed by atoms with Crippen LogP contribution in [0, 0.1) is 6.92 Å². The number of anilines is 1. The van der Waals surface area contributed by atoms with Gasteiger partial charge in [-0.1, -0.05) is 11.3 Å². The van der Waals surface area contributed by atoms with Crippen LogP contribution in [0.3, 0.4) is 0 Å². The molecule has 10 heteroatoms. The van der Waals surface area contributed by atoms with Gasteiger partial charge in [-0.15, -0.1) is 10.2 Å². The zero-order valence-corrected chi connectivity index (χ0v) is 12.8. The molecular weight excluding hydrogens is 371 g/mol. The molecule has 0 radical (unpaired) electrons. The first kappa shape index (κ1) is 14.3. The predicted molar refractivity (Wildman–Crippen MR) is 75.9 cm³/mol. The van der Waals surface area contributed by atoms with Crippen LogP contribution in [0.1, 0.15) is 11.4 Å². The van der Waals surface area contributed by atoms with Gasteiger partial charge in [0, 0.05) is 15.7 Å². The number of nitrogens with zero attached hydrogens (tertiary/aromatic N) is 4. The molecule has 0 unspecified atom stereocenters. The minimum atomic E-state index is -4.59. The van der Waals surface area contributed by atoms with E-state index in [9.17, 15) is 13.2 Å². The average Bonchev–Trinajstić information content (AvgIpc) is 2.93. The maximum Gasteiger partial charge on any atom is 0.453 e. The van der Waals surface area contributed by atoms with Gasteiger partial charge in [0.2, 0.25) is 4.96 Å². The Kier molecular flexibility index (Phi) is 3.17. The molecule has 0 bridgehead atoms. The van der Waals surface area contributed by atoms with Crippen molar-refractivity contribution < 1.29 is 13.2 Å². The van der Waals surface area contributed by atoms with Gasteiger partial charge in [-0.25, -0.2) is 0 Å². The van der Waals surface area contributed by atoms with E-state index in [1.165, 1.54) is 0 Å². The largest absolute Gasteiger partial charge is 0.453 e. The van der Waals surface area contributed by atoms with Crippen molar-refractivity contribution in [1.29, 1.82) is 0 Å². The van der Waals surface area contributed by atoms with E-state index >= 15 is 0 Å². The maximum atomic E-state index is 12.8. The molecule has 0 fully saturated rings. The number of hydrogen-bond acceptors (Lipinski definition) is 5. The lowest BCUT2D eigenvalue weighted by Crippen LogP contribution is -2.11. The molecule has 0 amide bonds. The van der Waals surface area contributed by atoms with E-state index in [4.69, 9.17) is 5.73 Å². The third-order valence-corrected chi connectivity index (χ3v) is 4.43. The van der Waals surface area contributed by atoms with Gasteiger partial charge in [0.15, 0.2) is 0 Å². The van der Waals surface area contributed by atoms with Crippen molar-refractivity contribution >= 4 is 37.9 Å². The number of fused-ring (bicyclic) bond motifs is 1. The Morgan fingerprint density at radius 3 is 2.62 bits per heavy atom. The minimum absolute atomic E-state index is 0.0860. The van der Waals surface area contributed by atoms with E-state index in [1.54, 1.807) is 12.1 Å². The summed E-state index contributed by atoms with van der Waals surface area (Å²) in [4.78, 5) is 0.0860. The number of hydrogen-bond donors (Lipinski definition) is 1. The topological polar surface area (TPSA) is 69.1 Å². The van der Waals surface area contributed by atoms with Crippen LogP contribution < -0.4 is 5.73 Å². The molecule has 2 aromatic heterocycles. The SMILES string of the molecule is Cc1cc(-c2nn3c(C(F)(F)F)nnc3s2)cc(Br)c1N. The van der Waals surface area contributed by atoms with Gasteiger partial charge in [-0.3, -0.25) is 0 Å². The van der Waals surface area contributed by atoms with Crippen LogP contribution in [-0.2, 0) is 6.18 Å². The summed E-state index contributed by atoms with van der Waals surface area (Å²) < 4.78 is 39.7. The number of rotatable bonds is 1. The average molecular weight is 378 g/mol. The van der Waals surface area contributed by atoms with Crippen LogP contribution in [0.5, 0.6) is 0 Å². The van der Waals surface area contributed by atoms with Gasteiger partial charge in [-0.05, 0) is 40.5 Å². The van der Waals surface area contributed by atoms with Gasteiger partial charge in [0.05, 0.1) is 0 Å². The maximum absolute atomic E-state index is 12.8. The number of halogens is 4. The van der Waals surface area contributed by atoms with Crippen molar-refractivity contribution in [2.45, 2.75) is 13.1 Å². The second-order valence-electron chi connectivity index (χ2n) is 4.31. The summed E-state index contributed by atoms with van der Waals surface area (Å²) in [5, 5.41) is 11.0. The van der Waals surface area contributed by atoms with Crippen molar-refractivity contribution in [2.24, 2.45) is 0 Å². The van der Waals surface area contributed by atoms with Crippen LogP contribution in [0.25, 0.3) is 15.5 Å². The lowest BCUT2D eigenvalue weighted by molar-refractivity contribution is -0.146. The van der Waals surface area contributed by atoms with E-state index in [2.05, 4.69) is 31.2 Å². The van der Waals surface area contributed by atoms with Crippen LogP contribution >= 0.6 is 27.3 Å². The predicted octanol–water partition coefficient (Wildman–Crippen LogP) is 3.52. The molecule has 0 atom stereocenters. The molecule has 2 N–H and O–H groups in total. The van der Waals surface area contributed by atoms with E-state index in [1.807, 2.05) is 6.92 Å². The van der Waals surface area contributed by atoms with Gasteiger partial charge in [0.1, 0.15) is 5.01 Å². The number of aryl methyl sites for hydroxylation is 1. The molecule has 0 aliphatic heterocycles. The van der Waals surface area contributed by atoms with E-state index in [-0.39, 0.29) is 4.96 Å². The van der Waals surface area contributed by atoms with Crippen molar-refractivity contribution in [3.63, 3.8) is 0 Å². The molecule has 5 nitrogen and oxygen atoms in total. The quantitative estimate of drug-likeness (QED) is 0.658. The first-order valence-corrected chi connectivity index (χ1v) is 7.24. The van der Waals surface area contributed by atoms with Gasteiger partial charge in [-0.2, -0.15) is 22.8 Å². The molecule has 21 heavy (non-hydrogen) atoms. The lowest BCUT2D eigenvalue weighted by Gasteiger charge is -2.05. The Bertz CT molecular complexity index is 815. The number of alkyl halides is 3. The van der Waals surface area contributed by atoms with Crippen LogP contribution in [-0.4, -0.2) is 19.8 Å². The summed E-state index contributed by atoms with van der Waals surface area (Å²) in [7, 11) is 0. The molecule has 0 aliphatic carbocycles. The van der Waals surface area contributed by atoms with Gasteiger partial charge in [0.25, 0.3) is 5.82 Å². The Hall–Kier alpha value is -1.68. The van der Waals surface area contributed by atoms with Crippen LogP contribution in [0.15, 0.2) is 16.6 Å². The monoisotopic (exact) mass is 377 g/mol. The highest BCUT2D eigenvalue weighted by Crippen LogP contribution is 2.34. The van der Waals surface area contributed by atoms with Crippen molar-refractivity contribution in [3.8, 4) is 10.6 Å². The molecule has 3 rings (SSSR count). The minimum Gasteiger partial charge on any atom is -0.398 e. The lowest BCUT2D eigenvalue weighted by atomic mass is 10.1. The highest BCUT2D eigenvalue weighted by molar-refractivity contribution is 9.10. The fraction of sp³-hybridized carbons (Fsp3) is 0.182. The summed E-state index contributed by atoms with van der Waals surface area (Å²) >= 11 is 4.34. The highest BCUT2D eigenvalue weighted by atomic mass is 79.9. The summed E-state index contributed by atoms with van der Waals surface area (Å²) in [5.41, 5.74) is 7.88. The van der Waals surface area contributed by atoms with E-state index in [0.29, 0.717) is 25.2 Å². The number of nitrogen functional groups attached to an aromatic ring is 1. The molecule has 0 aliphatic rings. The fourth-order valence-corrected chi connectivity index (χ4v) is 3.18. The van der Waals surface area contributed by atoms with Gasteiger partial charge >= 0.3 is 6.18 Å². The van der Waals surface area contributed by atoms with E-state index in [0.717, 1.165) is 16.9 Å². The zero-order chi connectivity index (χ0) is 15.4. The molecule has 2 heterocycles. The summed E-state index contributed by atoms with van der Waals surface area (Å²) in [6.07, 6.45) is -4.59. The third-order valence-electron chi connectivity index (χ3n) is 2.83. The smallest absolute Gasteiger partial charge is 0.398 e. The number of benzene rings is 1. The summed E-state index contributed by atoms with van der Waals surface area (Å²) in [6, 6.07) is 3.47. The first-order chi connectivity index (χ1) is 9.77. The van der Waals surface area contributed by atoms with Gasteiger partial charge < -0.3 is 5.73 Å². The number of nitrogens with two attached hydrogens (primary N) is 1. The molecule has 0 saturated heterocycles. The number of aromatic nitrogens is 4. The Morgan fingerprint density at radius 2 is 2.00 bits per heavy atom. The van der Waals surface area contributed by atoms with Crippen molar-refractivity contribution in [1.82, 2.24) is 19.8 Å². The molecule has 1 aromatic carbocycles. The first-order valence-electron chi connectivity index (χ1n) is 5.63. The summed E-state index contributed by atoms with van der Waals surface area (Å²) in [6.45, 7) is 1.81. The van der Waals surface area contributed by atoms with Crippen LogP contribution in [0.4, 0.5) is 18.9 Å². The Morgan fingerprint density at radius 1 is 1.29 bits per heavy atom. The summed E-state index contributed by atoms with van der Waals surface area (Å²) in [5.74, 6) is -1.13. The van der Waals surface area contributed by atoms with Crippen molar-refractivity contribution in [3.05, 3.63) is 28.0 Å². The highest BCUT2D eigenvalue weighted by Gasteiger charge is 2.38.